The van der Waals surface area contributed by atoms with Gasteiger partial charge in [-0.2, -0.15) is 0 Å². The maximum absolute atomic E-state index is 14.2. The lowest BCUT2D eigenvalue weighted by Gasteiger charge is -2.43. The molecule has 0 aliphatic carbocycles. The number of aromatic nitrogens is 4. The fraction of sp³-hybridized carbons (Fsp3) is 0.325. The number of carbonyl (C=O) groups is 1. The fourth-order valence-electron chi connectivity index (χ4n) is 7.55. The van der Waals surface area contributed by atoms with E-state index in [4.69, 9.17) is 0 Å². The van der Waals surface area contributed by atoms with Gasteiger partial charge in [0.25, 0.3) is 5.56 Å². The molecule has 0 radical (unpaired) electrons. The molecule has 0 unspecified atom stereocenters. The van der Waals surface area contributed by atoms with E-state index < -0.39 is 5.60 Å². The Labute approximate surface area is 304 Å². The number of thiophene rings is 1. The van der Waals surface area contributed by atoms with Crippen LogP contribution in [0.25, 0.3) is 31.9 Å². The van der Waals surface area contributed by atoms with E-state index >= 15 is 0 Å². The summed E-state index contributed by atoms with van der Waals surface area (Å²) in [6.07, 6.45) is 6.98. The summed E-state index contributed by atoms with van der Waals surface area (Å²) in [6.45, 7) is 5.43. The van der Waals surface area contributed by atoms with E-state index in [0.29, 0.717) is 36.8 Å². The van der Waals surface area contributed by atoms with Crippen LogP contribution in [-0.2, 0) is 17.9 Å². The first-order valence-electron chi connectivity index (χ1n) is 17.5. The first-order valence-corrected chi connectivity index (χ1v) is 19.2. The van der Waals surface area contributed by atoms with Crippen LogP contribution in [0.4, 0.5) is 0 Å². The number of piperidine rings is 2. The van der Waals surface area contributed by atoms with E-state index in [1.807, 2.05) is 72.1 Å². The smallest absolute Gasteiger partial charge is 0.262 e. The van der Waals surface area contributed by atoms with Gasteiger partial charge in [-0.1, -0.05) is 60.7 Å². The monoisotopic (exact) mass is 716 g/mol. The van der Waals surface area contributed by atoms with Gasteiger partial charge < -0.3 is 10.0 Å². The zero-order valence-corrected chi connectivity index (χ0v) is 30.2. The van der Waals surface area contributed by atoms with Crippen molar-refractivity contribution in [1.82, 2.24) is 29.3 Å². The molecule has 4 aromatic heterocycles. The number of likely N-dealkylation sites (tertiary alicyclic amines) is 2. The topological polar surface area (TPSA) is 104 Å². The maximum atomic E-state index is 14.2. The molecule has 0 saturated carbocycles. The number of thiazole rings is 1. The Morgan fingerprint density at radius 3 is 2.43 bits per heavy atom. The number of aliphatic hydroxyl groups is 1. The summed E-state index contributed by atoms with van der Waals surface area (Å²) >= 11 is 3.21. The van der Waals surface area contributed by atoms with Crippen molar-refractivity contribution in [3.8, 4) is 21.0 Å². The third kappa shape index (κ3) is 7.03. The van der Waals surface area contributed by atoms with Gasteiger partial charge in [-0.3, -0.25) is 24.0 Å². The van der Waals surface area contributed by atoms with E-state index in [9.17, 15) is 14.7 Å². The SMILES string of the molecule is Cc1ccc(-c2ncc(CN3CC[C@@H](C(=O)N4CCC(O)(Cn5cnc6c(-c7ccccc7)scc6c5=O)CC4)[C@H](c4ccccc4)C3)s2)cn1. The molecule has 2 saturated heterocycles. The summed E-state index contributed by atoms with van der Waals surface area (Å²) < 4.78 is 1.53. The van der Waals surface area contributed by atoms with Crippen molar-refractivity contribution < 1.29 is 9.90 Å². The number of fused-ring (bicyclic) bond motifs is 1. The molecule has 2 aromatic carbocycles. The summed E-state index contributed by atoms with van der Waals surface area (Å²) in [4.78, 5) is 48.0. The zero-order chi connectivity index (χ0) is 35.0. The number of rotatable bonds is 8. The number of hydrogen-bond acceptors (Lipinski definition) is 9. The Kier molecular flexibility index (Phi) is 9.37. The Balaban J connectivity index is 0.929. The number of aryl methyl sites for hydroxylation is 1. The predicted molar refractivity (Wildman–Crippen MR) is 203 cm³/mol. The van der Waals surface area contributed by atoms with Gasteiger partial charge in [-0.15, -0.1) is 22.7 Å². The van der Waals surface area contributed by atoms with Crippen molar-refractivity contribution in [2.45, 2.75) is 50.8 Å². The van der Waals surface area contributed by atoms with E-state index in [1.54, 1.807) is 17.7 Å². The van der Waals surface area contributed by atoms with Crippen LogP contribution in [0.1, 0.15) is 41.3 Å². The predicted octanol–water partition coefficient (Wildman–Crippen LogP) is 6.61. The van der Waals surface area contributed by atoms with Crippen LogP contribution in [0, 0.1) is 12.8 Å². The summed E-state index contributed by atoms with van der Waals surface area (Å²) in [5, 5.41) is 15.1. The second kappa shape index (κ2) is 14.2. The lowest BCUT2D eigenvalue weighted by Crippen LogP contribution is -2.53. The van der Waals surface area contributed by atoms with Gasteiger partial charge in [0, 0.05) is 71.9 Å². The van der Waals surface area contributed by atoms with Crippen LogP contribution in [0.5, 0.6) is 0 Å². The standard InChI is InChI=1S/C40H40N6O3S2/c1-27-12-13-30(20-41-27)37-42-21-31(51-37)22-44-17-14-32(33(23-44)28-8-4-2-5-9-28)38(47)45-18-15-40(49,16-19-45)25-46-26-43-35-34(39(46)48)24-50-36(35)29-10-6-3-7-11-29/h2-13,20-21,24,26,32-33,49H,14-19,22-23,25H2,1H3/t32-,33+/m1/s1. The highest BCUT2D eigenvalue weighted by Gasteiger charge is 2.41. The average Bonchev–Trinajstić information content (AvgIpc) is 3.82. The Morgan fingerprint density at radius 1 is 0.922 bits per heavy atom. The van der Waals surface area contributed by atoms with Gasteiger partial charge >= 0.3 is 0 Å². The van der Waals surface area contributed by atoms with Crippen molar-refractivity contribution in [3.63, 3.8) is 0 Å². The molecule has 0 spiro atoms. The average molecular weight is 717 g/mol. The maximum Gasteiger partial charge on any atom is 0.262 e. The van der Waals surface area contributed by atoms with Crippen LogP contribution < -0.4 is 5.56 Å². The summed E-state index contributed by atoms with van der Waals surface area (Å²) in [6, 6.07) is 24.4. The fourth-order valence-corrected chi connectivity index (χ4v) is 9.49. The highest BCUT2D eigenvalue weighted by molar-refractivity contribution is 7.15. The zero-order valence-electron chi connectivity index (χ0n) is 28.5. The lowest BCUT2D eigenvalue weighted by atomic mass is 9.79. The van der Waals surface area contributed by atoms with Crippen molar-refractivity contribution >= 4 is 39.5 Å². The Bertz CT molecular complexity index is 2190. The van der Waals surface area contributed by atoms with Crippen LogP contribution in [0.15, 0.2) is 102 Å². The highest BCUT2D eigenvalue weighted by Crippen LogP contribution is 2.37. The third-order valence-corrected chi connectivity index (χ3v) is 12.5. The molecular formula is C40H40N6O3S2. The molecule has 2 atom stereocenters. The van der Waals surface area contributed by atoms with Crippen molar-refractivity contribution in [2.24, 2.45) is 5.92 Å². The van der Waals surface area contributed by atoms with Gasteiger partial charge in [0.05, 0.1) is 34.3 Å². The minimum Gasteiger partial charge on any atom is -0.388 e. The molecule has 2 fully saturated rings. The normalized spacial score (nSPS) is 19.4. The molecular weight excluding hydrogens is 677 g/mol. The first-order chi connectivity index (χ1) is 24.8. The molecule has 2 aliphatic rings. The van der Waals surface area contributed by atoms with E-state index in [0.717, 1.165) is 52.8 Å². The molecule has 6 heterocycles. The van der Waals surface area contributed by atoms with Gasteiger partial charge in [-0.05, 0) is 56.0 Å². The van der Waals surface area contributed by atoms with E-state index in [1.165, 1.54) is 26.3 Å². The molecule has 260 valence electrons. The van der Waals surface area contributed by atoms with Gasteiger partial charge in [0.2, 0.25) is 5.91 Å². The lowest BCUT2D eigenvalue weighted by molar-refractivity contribution is -0.142. The van der Waals surface area contributed by atoms with Crippen molar-refractivity contribution in [3.05, 3.63) is 123 Å². The van der Waals surface area contributed by atoms with Gasteiger partial charge in [0.15, 0.2) is 0 Å². The number of amides is 1. The molecule has 1 N–H and O–H groups in total. The molecule has 0 bridgehead atoms. The minimum atomic E-state index is -1.10. The molecule has 11 heteroatoms. The van der Waals surface area contributed by atoms with Crippen LogP contribution in [0.3, 0.4) is 0 Å². The first kappa shape index (κ1) is 33.6. The van der Waals surface area contributed by atoms with Crippen molar-refractivity contribution in [2.75, 3.05) is 26.2 Å². The largest absolute Gasteiger partial charge is 0.388 e. The number of pyridine rings is 1. The van der Waals surface area contributed by atoms with Crippen molar-refractivity contribution in [1.29, 1.82) is 0 Å². The van der Waals surface area contributed by atoms with E-state index in [2.05, 4.69) is 50.2 Å². The van der Waals surface area contributed by atoms with Crippen LogP contribution >= 0.6 is 22.7 Å². The van der Waals surface area contributed by atoms with Gasteiger partial charge in [0.1, 0.15) is 5.01 Å². The second-order valence-electron chi connectivity index (χ2n) is 13.9. The molecule has 1 amide bonds. The quantitative estimate of drug-likeness (QED) is 0.189. The molecule has 2 aliphatic heterocycles. The number of hydrogen-bond donors (Lipinski definition) is 1. The molecule has 51 heavy (non-hydrogen) atoms. The van der Waals surface area contributed by atoms with Gasteiger partial charge in [-0.25, -0.2) is 9.97 Å². The number of carbonyl (C=O) groups excluding carboxylic acids is 1. The highest BCUT2D eigenvalue weighted by atomic mass is 32.1. The Morgan fingerprint density at radius 2 is 1.69 bits per heavy atom. The molecule has 8 rings (SSSR count). The Hall–Kier alpha value is -4.55. The van der Waals surface area contributed by atoms with Crippen LogP contribution in [0.2, 0.25) is 0 Å². The molecule has 9 nitrogen and oxygen atoms in total. The van der Waals surface area contributed by atoms with E-state index in [-0.39, 0.29) is 29.8 Å². The molecule has 6 aromatic rings. The minimum absolute atomic E-state index is 0.0599. The second-order valence-corrected chi connectivity index (χ2v) is 15.9. The summed E-state index contributed by atoms with van der Waals surface area (Å²) in [5.74, 6) is 0.0753. The number of benzene rings is 2. The number of nitrogens with zero attached hydrogens (tertiary/aromatic N) is 6. The summed E-state index contributed by atoms with van der Waals surface area (Å²) in [5.41, 5.74) is 3.67. The third-order valence-electron chi connectivity index (χ3n) is 10.4. The summed E-state index contributed by atoms with van der Waals surface area (Å²) in [7, 11) is 0. The van der Waals surface area contributed by atoms with Crippen LogP contribution in [-0.4, -0.2) is 72.1 Å².